The molecule has 0 aliphatic heterocycles. The molecule has 0 aliphatic carbocycles. The summed E-state index contributed by atoms with van der Waals surface area (Å²) < 4.78 is 26.6. The topological polar surface area (TPSA) is 80.7 Å². The summed E-state index contributed by atoms with van der Waals surface area (Å²) in [5.74, 6) is -1.25. The molecular weight excluding hydrogens is 327 g/mol. The minimum Gasteiger partial charge on any atom is -1.00 e. The van der Waals surface area contributed by atoms with Crippen LogP contribution in [0, 0.1) is 0 Å². The van der Waals surface area contributed by atoms with Crippen LogP contribution in [-0.2, 0) is 19.1 Å². The molecule has 0 aromatic heterocycles. The first-order valence-electron chi connectivity index (χ1n) is 8.57. The van der Waals surface area contributed by atoms with Gasteiger partial charge in [-0.3, -0.25) is 4.79 Å². The van der Waals surface area contributed by atoms with E-state index in [0.717, 1.165) is 12.8 Å². The molecule has 0 heterocycles. The minimum absolute atomic E-state index is 0. The van der Waals surface area contributed by atoms with E-state index < -0.39 is 28.4 Å². The van der Waals surface area contributed by atoms with Gasteiger partial charge in [-0.25, -0.2) is 0 Å². The Labute approximate surface area is 165 Å². The summed E-state index contributed by atoms with van der Waals surface area (Å²) in [5, 5.41) is 8.52. The number of rotatable bonds is 15. The Morgan fingerprint density at radius 1 is 0.913 bits per heavy atom. The predicted octanol–water partition coefficient (Wildman–Crippen LogP) is 0.669. The Morgan fingerprint density at radius 3 is 1.78 bits per heavy atom. The van der Waals surface area contributed by atoms with Crippen molar-refractivity contribution < 1.29 is 53.5 Å². The third-order valence-electron chi connectivity index (χ3n) is 3.55. The van der Waals surface area contributed by atoms with Crippen LogP contribution in [0.1, 0.15) is 85.4 Å². The van der Waals surface area contributed by atoms with E-state index in [1.54, 1.807) is 0 Å². The van der Waals surface area contributed by atoms with Gasteiger partial charge in [-0.1, -0.05) is 71.1 Å². The van der Waals surface area contributed by atoms with E-state index in [2.05, 4.69) is 11.1 Å². The van der Waals surface area contributed by atoms with Crippen LogP contribution >= 0.6 is 0 Å². The van der Waals surface area contributed by atoms with Crippen molar-refractivity contribution in [3.05, 3.63) is 0 Å². The van der Waals surface area contributed by atoms with Crippen LogP contribution in [0.15, 0.2) is 0 Å². The second-order valence-corrected chi connectivity index (χ2v) is 7.42. The van der Waals surface area contributed by atoms with Gasteiger partial charge >= 0.3 is 45.6 Å². The summed E-state index contributed by atoms with van der Waals surface area (Å²) in [5.41, 5.74) is 0. The van der Waals surface area contributed by atoms with Gasteiger partial charge in [0.05, 0.1) is 6.61 Å². The Kier molecular flexibility index (Phi) is 19.2. The molecule has 0 spiro atoms. The van der Waals surface area contributed by atoms with Crippen LogP contribution in [0.25, 0.3) is 0 Å². The first kappa shape index (κ1) is 25.6. The zero-order valence-corrected chi connectivity index (χ0v) is 17.7. The molecule has 0 fully saturated rings. The summed E-state index contributed by atoms with van der Waals surface area (Å²) in [6.45, 7) is 1.69. The third-order valence-corrected chi connectivity index (χ3v) is 4.67. The van der Waals surface area contributed by atoms with Gasteiger partial charge in [-0.2, -0.15) is 8.42 Å². The standard InChI is InChI=1S/C16H32O5S.Na.H/c1-2-3-4-5-6-7-8-9-10-11-12-13-16(18)21-22(19,20)15-14-17;;/h17H,2-15H2,1H3;;/q;+1;-1. The SMILES string of the molecule is CCCCCCCCCCCCCC(=O)OS(=O)(=O)CCO.[H-].[Na+]. The van der Waals surface area contributed by atoms with Crippen molar-refractivity contribution in [3.63, 3.8) is 0 Å². The zero-order valence-electron chi connectivity index (χ0n) is 15.9. The van der Waals surface area contributed by atoms with Gasteiger partial charge in [0.25, 0.3) is 0 Å². The van der Waals surface area contributed by atoms with Crippen molar-refractivity contribution >= 4 is 16.1 Å². The van der Waals surface area contributed by atoms with Gasteiger partial charge in [0.15, 0.2) is 0 Å². The number of carbonyl (C=O) groups excluding carboxylic acids is 1. The summed E-state index contributed by atoms with van der Waals surface area (Å²) >= 11 is 0. The largest absolute Gasteiger partial charge is 1.00 e. The molecular formula is C16H33NaO5S. The Hall–Kier alpha value is 0.380. The van der Waals surface area contributed by atoms with E-state index in [1.165, 1.54) is 51.4 Å². The maximum absolute atomic E-state index is 11.3. The molecule has 0 saturated heterocycles. The molecule has 1 N–H and O–H groups in total. The molecule has 0 aliphatic rings. The van der Waals surface area contributed by atoms with Gasteiger partial charge in [0, 0.05) is 6.42 Å². The molecule has 0 unspecified atom stereocenters. The van der Waals surface area contributed by atoms with E-state index in [9.17, 15) is 13.2 Å². The van der Waals surface area contributed by atoms with Crippen LogP contribution < -0.4 is 29.6 Å². The van der Waals surface area contributed by atoms with Crippen LogP contribution in [0.2, 0.25) is 0 Å². The summed E-state index contributed by atoms with van der Waals surface area (Å²) in [6, 6.07) is 0. The smallest absolute Gasteiger partial charge is 1.00 e. The quantitative estimate of drug-likeness (QED) is 0.264. The molecule has 0 bridgehead atoms. The van der Waals surface area contributed by atoms with Gasteiger partial charge < -0.3 is 10.7 Å². The normalized spacial score (nSPS) is 11.0. The van der Waals surface area contributed by atoms with E-state index in [-0.39, 0.29) is 37.4 Å². The zero-order chi connectivity index (χ0) is 16.7. The average molecular weight is 360 g/mol. The van der Waals surface area contributed by atoms with Crippen LogP contribution in [0.3, 0.4) is 0 Å². The second kappa shape index (κ2) is 17.2. The number of hydrogen-bond acceptors (Lipinski definition) is 5. The van der Waals surface area contributed by atoms with E-state index in [4.69, 9.17) is 5.11 Å². The molecule has 0 radical (unpaired) electrons. The fraction of sp³-hybridized carbons (Fsp3) is 0.938. The monoisotopic (exact) mass is 360 g/mol. The van der Waals surface area contributed by atoms with Crippen molar-refractivity contribution in [1.29, 1.82) is 0 Å². The summed E-state index contributed by atoms with van der Waals surface area (Å²) in [4.78, 5) is 11.3. The first-order valence-corrected chi connectivity index (χ1v) is 10.2. The van der Waals surface area contributed by atoms with Crippen LogP contribution in [0.4, 0.5) is 0 Å². The second-order valence-electron chi connectivity index (χ2n) is 5.73. The van der Waals surface area contributed by atoms with Crippen LogP contribution in [0.5, 0.6) is 0 Å². The third kappa shape index (κ3) is 18.6. The molecule has 0 rings (SSSR count). The molecule has 0 atom stereocenters. The molecule has 0 saturated carbocycles. The molecule has 23 heavy (non-hydrogen) atoms. The van der Waals surface area contributed by atoms with E-state index in [0.29, 0.717) is 6.42 Å². The average Bonchev–Trinajstić information content (AvgIpc) is 2.44. The molecule has 134 valence electrons. The molecule has 0 amide bonds. The number of aliphatic hydroxyl groups is 1. The fourth-order valence-corrected chi connectivity index (χ4v) is 2.94. The van der Waals surface area contributed by atoms with E-state index >= 15 is 0 Å². The number of unbranched alkanes of at least 4 members (excludes halogenated alkanes) is 10. The molecule has 5 nitrogen and oxygen atoms in total. The van der Waals surface area contributed by atoms with Gasteiger partial charge in [0.2, 0.25) is 0 Å². The molecule has 7 heteroatoms. The molecule has 0 aromatic carbocycles. The predicted molar refractivity (Wildman–Crippen MR) is 89.2 cm³/mol. The van der Waals surface area contributed by atoms with Gasteiger partial charge in [-0.05, 0) is 6.42 Å². The van der Waals surface area contributed by atoms with E-state index in [1.807, 2.05) is 0 Å². The number of aliphatic hydroxyl groups excluding tert-OH is 1. The number of carbonyl (C=O) groups is 1. The first-order chi connectivity index (χ1) is 10.5. The van der Waals surface area contributed by atoms with Crippen LogP contribution in [-0.4, -0.2) is 31.9 Å². The van der Waals surface area contributed by atoms with Crippen molar-refractivity contribution in [1.82, 2.24) is 0 Å². The van der Waals surface area contributed by atoms with Gasteiger partial charge in [0.1, 0.15) is 5.75 Å². The van der Waals surface area contributed by atoms with Crippen molar-refractivity contribution in [2.45, 2.75) is 84.0 Å². The van der Waals surface area contributed by atoms with Crippen molar-refractivity contribution in [3.8, 4) is 0 Å². The Bertz CT molecular complexity index is 377. The summed E-state index contributed by atoms with van der Waals surface area (Å²) in [6.07, 6.45) is 13.1. The minimum atomic E-state index is -3.89. The maximum atomic E-state index is 11.3. The number of hydrogen-bond donors (Lipinski definition) is 1. The van der Waals surface area contributed by atoms with Crippen molar-refractivity contribution in [2.75, 3.05) is 12.4 Å². The Balaban J connectivity index is -0.00000220. The summed E-state index contributed by atoms with van der Waals surface area (Å²) in [7, 11) is -3.89. The van der Waals surface area contributed by atoms with Crippen molar-refractivity contribution in [2.24, 2.45) is 0 Å². The fourth-order valence-electron chi connectivity index (χ4n) is 2.27. The molecule has 0 aromatic rings. The Morgan fingerprint density at radius 2 is 1.35 bits per heavy atom. The maximum Gasteiger partial charge on any atom is 1.00 e. The van der Waals surface area contributed by atoms with Gasteiger partial charge in [-0.15, -0.1) is 0 Å².